The summed E-state index contributed by atoms with van der Waals surface area (Å²) in [6, 6.07) is 15.9. The molecule has 0 aliphatic rings. The molecular formula is C17H20N4. The van der Waals surface area contributed by atoms with E-state index in [9.17, 15) is 0 Å². The quantitative estimate of drug-likeness (QED) is 0.883. The molecule has 1 N–H and O–H groups in total. The Balaban J connectivity index is 1.99. The summed E-state index contributed by atoms with van der Waals surface area (Å²) in [5.74, 6) is 0.912. The van der Waals surface area contributed by atoms with Gasteiger partial charge in [-0.15, -0.1) is 0 Å². The van der Waals surface area contributed by atoms with E-state index < -0.39 is 0 Å². The van der Waals surface area contributed by atoms with Crippen LogP contribution in [0.3, 0.4) is 0 Å². The average Bonchev–Trinajstić information content (AvgIpc) is 2.48. The minimum absolute atomic E-state index is 0.702. The highest BCUT2D eigenvalue weighted by Gasteiger charge is 2.04. The number of nitrogens with zero attached hydrogens (tertiary/aromatic N) is 3. The maximum atomic E-state index is 8.93. The lowest BCUT2D eigenvalue weighted by molar-refractivity contribution is 0.315. The van der Waals surface area contributed by atoms with Crippen molar-refractivity contribution in [2.45, 2.75) is 20.0 Å². The molecule has 0 atom stereocenters. The Morgan fingerprint density at radius 3 is 2.76 bits per heavy atom. The molecule has 108 valence electrons. The maximum Gasteiger partial charge on any atom is 0.126 e. The summed E-state index contributed by atoms with van der Waals surface area (Å²) in [4.78, 5) is 6.76. The van der Waals surface area contributed by atoms with E-state index in [1.807, 2.05) is 42.5 Å². The van der Waals surface area contributed by atoms with Crippen molar-refractivity contribution in [2.75, 3.05) is 18.9 Å². The molecule has 0 saturated carbocycles. The predicted molar refractivity (Wildman–Crippen MR) is 84.7 cm³/mol. The van der Waals surface area contributed by atoms with Gasteiger partial charge in [-0.2, -0.15) is 5.26 Å². The summed E-state index contributed by atoms with van der Waals surface area (Å²) in [5, 5.41) is 12.2. The highest BCUT2D eigenvalue weighted by molar-refractivity contribution is 5.35. The molecule has 1 aromatic carbocycles. The van der Waals surface area contributed by atoms with Crippen LogP contribution in [0.5, 0.6) is 0 Å². The fourth-order valence-electron chi connectivity index (χ4n) is 2.23. The SMILES string of the molecule is CCNc1cccc(CN(C)Cc2cccc(C#N)c2)n1. The predicted octanol–water partition coefficient (Wildman–Crippen LogP) is 3.02. The van der Waals surface area contributed by atoms with Gasteiger partial charge >= 0.3 is 0 Å². The van der Waals surface area contributed by atoms with Gasteiger partial charge in [0.05, 0.1) is 17.3 Å². The van der Waals surface area contributed by atoms with E-state index in [1.54, 1.807) is 0 Å². The summed E-state index contributed by atoms with van der Waals surface area (Å²) in [6.45, 7) is 4.49. The molecule has 0 radical (unpaired) electrons. The van der Waals surface area contributed by atoms with E-state index >= 15 is 0 Å². The van der Waals surface area contributed by atoms with Crippen LogP contribution in [0, 0.1) is 11.3 Å². The second-order valence-corrected chi connectivity index (χ2v) is 5.03. The van der Waals surface area contributed by atoms with Gasteiger partial charge in [-0.25, -0.2) is 4.98 Å². The standard InChI is InChI=1S/C17H20N4/c1-3-19-17-9-5-8-16(20-17)13-21(2)12-15-7-4-6-14(10-15)11-18/h4-10H,3,12-13H2,1-2H3,(H,19,20). The summed E-state index contributed by atoms with van der Waals surface area (Å²) >= 11 is 0. The molecule has 2 rings (SSSR count). The van der Waals surface area contributed by atoms with Crippen molar-refractivity contribution >= 4 is 5.82 Å². The van der Waals surface area contributed by atoms with Crippen molar-refractivity contribution < 1.29 is 0 Å². The van der Waals surface area contributed by atoms with Gasteiger partial charge in [0, 0.05) is 19.6 Å². The van der Waals surface area contributed by atoms with Crippen molar-refractivity contribution in [2.24, 2.45) is 0 Å². The zero-order valence-corrected chi connectivity index (χ0v) is 12.5. The summed E-state index contributed by atoms with van der Waals surface area (Å²) < 4.78 is 0. The molecule has 0 saturated heterocycles. The number of aromatic nitrogens is 1. The van der Waals surface area contributed by atoms with Crippen LogP contribution in [0.2, 0.25) is 0 Å². The topological polar surface area (TPSA) is 52.0 Å². The molecular weight excluding hydrogens is 260 g/mol. The molecule has 0 spiro atoms. The van der Waals surface area contributed by atoms with Gasteiger partial charge in [-0.05, 0) is 43.8 Å². The molecule has 0 amide bonds. The number of benzene rings is 1. The first-order chi connectivity index (χ1) is 10.2. The van der Waals surface area contributed by atoms with Crippen LogP contribution in [-0.4, -0.2) is 23.5 Å². The lowest BCUT2D eigenvalue weighted by Gasteiger charge is -2.17. The number of rotatable bonds is 6. The molecule has 1 heterocycles. The van der Waals surface area contributed by atoms with Crippen LogP contribution in [0.4, 0.5) is 5.82 Å². The Morgan fingerprint density at radius 1 is 1.19 bits per heavy atom. The lowest BCUT2D eigenvalue weighted by Crippen LogP contribution is -2.18. The molecule has 1 aromatic heterocycles. The third-order valence-corrected chi connectivity index (χ3v) is 3.11. The molecule has 4 nitrogen and oxygen atoms in total. The van der Waals surface area contributed by atoms with Crippen LogP contribution >= 0.6 is 0 Å². The van der Waals surface area contributed by atoms with Crippen molar-refractivity contribution in [3.05, 3.63) is 59.3 Å². The van der Waals surface area contributed by atoms with Crippen LogP contribution in [0.15, 0.2) is 42.5 Å². The fourth-order valence-corrected chi connectivity index (χ4v) is 2.23. The first kappa shape index (κ1) is 15.0. The minimum Gasteiger partial charge on any atom is -0.370 e. The Hall–Kier alpha value is -2.38. The van der Waals surface area contributed by atoms with Crippen molar-refractivity contribution in [3.63, 3.8) is 0 Å². The van der Waals surface area contributed by atoms with Crippen molar-refractivity contribution in [3.8, 4) is 6.07 Å². The van der Waals surface area contributed by atoms with Crippen molar-refractivity contribution in [1.82, 2.24) is 9.88 Å². The minimum atomic E-state index is 0.702. The van der Waals surface area contributed by atoms with E-state index in [1.165, 1.54) is 0 Å². The van der Waals surface area contributed by atoms with Gasteiger partial charge in [0.2, 0.25) is 0 Å². The number of hydrogen-bond donors (Lipinski definition) is 1. The largest absolute Gasteiger partial charge is 0.370 e. The average molecular weight is 280 g/mol. The number of nitrogens with one attached hydrogen (secondary N) is 1. The second kappa shape index (κ2) is 7.41. The number of pyridine rings is 1. The molecule has 0 fully saturated rings. The number of nitriles is 1. The highest BCUT2D eigenvalue weighted by Crippen LogP contribution is 2.10. The normalized spacial score (nSPS) is 10.4. The maximum absolute atomic E-state index is 8.93. The zero-order valence-electron chi connectivity index (χ0n) is 12.5. The Kier molecular flexibility index (Phi) is 5.30. The van der Waals surface area contributed by atoms with Gasteiger partial charge in [0.25, 0.3) is 0 Å². The third-order valence-electron chi connectivity index (χ3n) is 3.11. The third kappa shape index (κ3) is 4.59. The Labute approximate surface area is 126 Å². The van der Waals surface area contributed by atoms with Crippen molar-refractivity contribution in [1.29, 1.82) is 5.26 Å². The summed E-state index contributed by atoms with van der Waals surface area (Å²) in [7, 11) is 2.06. The van der Waals surface area contributed by atoms with E-state index in [-0.39, 0.29) is 0 Å². The van der Waals surface area contributed by atoms with Crippen LogP contribution in [0.25, 0.3) is 0 Å². The van der Waals surface area contributed by atoms with Crippen LogP contribution < -0.4 is 5.32 Å². The number of anilines is 1. The molecule has 0 unspecified atom stereocenters. The van der Waals surface area contributed by atoms with Gasteiger partial charge in [0.1, 0.15) is 5.82 Å². The van der Waals surface area contributed by atoms with Gasteiger partial charge in [-0.3, -0.25) is 4.90 Å². The van der Waals surface area contributed by atoms with E-state index in [4.69, 9.17) is 5.26 Å². The van der Waals surface area contributed by atoms with Crippen LogP contribution in [-0.2, 0) is 13.1 Å². The van der Waals surface area contributed by atoms with E-state index in [0.29, 0.717) is 5.56 Å². The van der Waals surface area contributed by atoms with Gasteiger partial charge in [0.15, 0.2) is 0 Å². The molecule has 4 heteroatoms. The molecule has 2 aromatic rings. The zero-order chi connectivity index (χ0) is 15.1. The second-order valence-electron chi connectivity index (χ2n) is 5.03. The first-order valence-corrected chi connectivity index (χ1v) is 7.08. The van der Waals surface area contributed by atoms with E-state index in [0.717, 1.165) is 36.7 Å². The van der Waals surface area contributed by atoms with E-state index in [2.05, 4.69) is 35.2 Å². The fraction of sp³-hybridized carbons (Fsp3) is 0.294. The molecule has 21 heavy (non-hydrogen) atoms. The highest BCUT2D eigenvalue weighted by atomic mass is 15.1. The summed E-state index contributed by atoms with van der Waals surface area (Å²) in [5.41, 5.74) is 2.87. The summed E-state index contributed by atoms with van der Waals surface area (Å²) in [6.07, 6.45) is 0. The molecule has 0 bridgehead atoms. The lowest BCUT2D eigenvalue weighted by atomic mass is 10.1. The van der Waals surface area contributed by atoms with Crippen LogP contribution in [0.1, 0.15) is 23.7 Å². The smallest absolute Gasteiger partial charge is 0.126 e. The first-order valence-electron chi connectivity index (χ1n) is 7.08. The van der Waals surface area contributed by atoms with Gasteiger partial charge in [-0.1, -0.05) is 18.2 Å². The Bertz CT molecular complexity index is 631. The Morgan fingerprint density at radius 2 is 2.00 bits per heavy atom. The monoisotopic (exact) mass is 280 g/mol. The van der Waals surface area contributed by atoms with Gasteiger partial charge < -0.3 is 5.32 Å². The number of hydrogen-bond acceptors (Lipinski definition) is 4. The molecule has 0 aliphatic carbocycles. The molecule has 0 aliphatic heterocycles.